The minimum atomic E-state index is -2.46. The fraction of sp³-hybridized carbons (Fsp3) is 0.800. The lowest BCUT2D eigenvalue weighted by Crippen LogP contribution is -2.42. The molecule has 11 heavy (non-hydrogen) atoms. The molecule has 1 rings (SSSR count). The van der Waals surface area contributed by atoms with Crippen LogP contribution in [0.3, 0.4) is 0 Å². The first-order valence-corrected chi connectivity index (χ1v) is 4.78. The zero-order valence-corrected chi connectivity index (χ0v) is 7.40. The Kier molecular flexibility index (Phi) is 3.14. The molecule has 4 nitrogen and oxygen atoms in total. The molecule has 0 radical (unpaired) electrons. The smallest absolute Gasteiger partial charge is 0.201 e. The molecule has 0 saturated heterocycles. The van der Waals surface area contributed by atoms with Gasteiger partial charge in [-0.1, -0.05) is 0 Å². The summed E-state index contributed by atoms with van der Waals surface area (Å²) in [5, 5.41) is 2.27. The molecule has 0 atom stereocenters. The van der Waals surface area contributed by atoms with Crippen molar-refractivity contribution < 1.29 is 8.42 Å². The minimum Gasteiger partial charge on any atom is -0.229 e. The zero-order chi connectivity index (χ0) is 8.27. The van der Waals surface area contributed by atoms with Crippen LogP contribution in [0.1, 0.15) is 12.8 Å². The summed E-state index contributed by atoms with van der Waals surface area (Å²) in [7, 11) is -2.46. The molecule has 0 spiro atoms. The maximum atomic E-state index is 10.1. The van der Waals surface area contributed by atoms with Gasteiger partial charge in [0.25, 0.3) is 0 Å². The van der Waals surface area contributed by atoms with E-state index >= 15 is 0 Å². The third kappa shape index (κ3) is 2.67. The Morgan fingerprint density at radius 2 is 2.18 bits per heavy atom. The second kappa shape index (κ2) is 3.92. The van der Waals surface area contributed by atoms with Gasteiger partial charge in [0, 0.05) is 6.04 Å². The van der Waals surface area contributed by atoms with Gasteiger partial charge in [0.05, 0.1) is 11.2 Å². The third-order valence-corrected chi connectivity index (χ3v) is 2.32. The van der Waals surface area contributed by atoms with Gasteiger partial charge in [0.15, 0.2) is 0 Å². The summed E-state index contributed by atoms with van der Waals surface area (Å²) < 4.78 is 22.7. The fourth-order valence-corrected chi connectivity index (χ4v) is 1.68. The number of aliphatic imine (C=N–C) groups is 1. The first-order chi connectivity index (χ1) is 5.22. The highest BCUT2D eigenvalue weighted by atomic mass is 32.2. The van der Waals surface area contributed by atoms with Gasteiger partial charge in [0.2, 0.25) is 10.9 Å². The summed E-state index contributed by atoms with van der Waals surface area (Å²) in [5.74, 6) is 0. The number of hydrogen-bond acceptors (Lipinski definition) is 4. The monoisotopic (exact) mass is 192 g/mol. The predicted molar refractivity (Wildman–Crippen MR) is 45.3 cm³/mol. The van der Waals surface area contributed by atoms with Crippen molar-refractivity contribution in [2.75, 3.05) is 0 Å². The Morgan fingerprint density at radius 3 is 2.64 bits per heavy atom. The standard InChI is InChI=1S/C5H8N2O2S2/c8-11(9)7-5-1-4(2-5)6-3-10/h4-5,11H,1-2H2,(H,7,8,9)/t4-,5+. The van der Waals surface area contributed by atoms with E-state index in [4.69, 9.17) is 0 Å². The minimum absolute atomic E-state index is 0.0632. The quantitative estimate of drug-likeness (QED) is 0.368. The van der Waals surface area contributed by atoms with Gasteiger partial charge in [-0.15, -0.1) is 0 Å². The van der Waals surface area contributed by atoms with Crippen LogP contribution in [0, 0.1) is 0 Å². The second-order valence-electron chi connectivity index (χ2n) is 2.43. The molecule has 1 N–H and O–H groups in total. The van der Waals surface area contributed by atoms with E-state index in [2.05, 4.69) is 27.1 Å². The van der Waals surface area contributed by atoms with Gasteiger partial charge < -0.3 is 0 Å². The van der Waals surface area contributed by atoms with Crippen molar-refractivity contribution in [1.82, 2.24) is 4.72 Å². The summed E-state index contributed by atoms with van der Waals surface area (Å²) in [6, 6.07) is 0.244. The molecular weight excluding hydrogens is 184 g/mol. The van der Waals surface area contributed by atoms with Crippen LogP contribution in [0.25, 0.3) is 0 Å². The number of thiol groups is 1. The molecule has 0 aromatic rings. The van der Waals surface area contributed by atoms with E-state index in [0.717, 1.165) is 12.8 Å². The van der Waals surface area contributed by atoms with Crippen molar-refractivity contribution in [3.8, 4) is 0 Å². The summed E-state index contributed by atoms with van der Waals surface area (Å²) in [6.07, 6.45) is 1.49. The molecule has 1 aliphatic rings. The van der Waals surface area contributed by atoms with Gasteiger partial charge in [-0.2, -0.15) is 0 Å². The van der Waals surface area contributed by atoms with Gasteiger partial charge in [0.1, 0.15) is 0 Å². The lowest BCUT2D eigenvalue weighted by molar-refractivity contribution is 0.332. The van der Waals surface area contributed by atoms with Crippen molar-refractivity contribution in [2.45, 2.75) is 24.9 Å². The largest absolute Gasteiger partial charge is 0.229 e. The summed E-state index contributed by atoms with van der Waals surface area (Å²) in [4.78, 5) is 3.82. The van der Waals surface area contributed by atoms with Crippen molar-refractivity contribution in [2.24, 2.45) is 4.99 Å². The molecule has 0 aromatic carbocycles. The topological polar surface area (TPSA) is 58.5 Å². The number of hydrogen-bond donors (Lipinski definition) is 2. The van der Waals surface area contributed by atoms with E-state index in [1.54, 1.807) is 0 Å². The van der Waals surface area contributed by atoms with Crippen LogP contribution in [0.5, 0.6) is 0 Å². The average molecular weight is 192 g/mol. The van der Waals surface area contributed by atoms with E-state index in [9.17, 15) is 8.42 Å². The summed E-state index contributed by atoms with van der Waals surface area (Å²) in [6.45, 7) is 0. The van der Waals surface area contributed by atoms with Crippen LogP contribution in [0.15, 0.2) is 4.99 Å². The van der Waals surface area contributed by atoms with Gasteiger partial charge >= 0.3 is 0 Å². The lowest BCUT2D eigenvalue weighted by Gasteiger charge is -2.30. The molecule has 0 heterocycles. The molecule has 6 heteroatoms. The van der Waals surface area contributed by atoms with Crippen LogP contribution in [-0.4, -0.2) is 25.7 Å². The maximum absolute atomic E-state index is 10.1. The van der Waals surface area contributed by atoms with E-state index < -0.39 is 10.9 Å². The molecule has 0 amide bonds. The highest BCUT2D eigenvalue weighted by molar-refractivity contribution is 7.78. The Morgan fingerprint density at radius 1 is 1.55 bits per heavy atom. The Labute approximate surface area is 71.8 Å². The van der Waals surface area contributed by atoms with Crippen molar-refractivity contribution in [1.29, 1.82) is 0 Å². The van der Waals surface area contributed by atoms with E-state index in [1.165, 1.54) is 0 Å². The Balaban J connectivity index is 2.24. The van der Waals surface area contributed by atoms with Crippen LogP contribution in [-0.2, 0) is 10.9 Å². The van der Waals surface area contributed by atoms with E-state index in [1.807, 2.05) is 0 Å². The second-order valence-corrected chi connectivity index (χ2v) is 3.38. The van der Waals surface area contributed by atoms with Crippen LogP contribution >= 0.6 is 12.2 Å². The fourth-order valence-electron chi connectivity index (χ4n) is 1.02. The molecule has 62 valence electrons. The average Bonchev–Trinajstić information content (AvgIpc) is 1.82. The molecular formula is C5H8N2O2S2. The first-order valence-electron chi connectivity index (χ1n) is 3.20. The highest BCUT2D eigenvalue weighted by Crippen LogP contribution is 2.22. The predicted octanol–water partition coefficient (Wildman–Crippen LogP) is -0.264. The number of rotatable bonds is 3. The molecule has 0 aromatic heterocycles. The van der Waals surface area contributed by atoms with E-state index in [-0.39, 0.29) is 12.1 Å². The SMILES string of the molecule is O=[SH](=O)N[C@H]1C[C@@H](N=C=S)C1. The Bertz CT molecular complexity index is 243. The molecule has 1 saturated carbocycles. The number of isothiocyanates is 1. The maximum Gasteiger partial charge on any atom is 0.201 e. The summed E-state index contributed by atoms with van der Waals surface area (Å²) >= 11 is 4.40. The van der Waals surface area contributed by atoms with E-state index in [0.29, 0.717) is 0 Å². The molecule has 1 aliphatic carbocycles. The number of nitrogens with one attached hydrogen (secondary N) is 1. The van der Waals surface area contributed by atoms with Gasteiger partial charge in [-0.3, -0.25) is 0 Å². The molecule has 0 bridgehead atoms. The number of nitrogens with zero attached hydrogens (tertiary/aromatic N) is 1. The zero-order valence-electron chi connectivity index (χ0n) is 5.69. The van der Waals surface area contributed by atoms with Gasteiger partial charge in [-0.05, 0) is 25.1 Å². The van der Waals surface area contributed by atoms with Crippen molar-refractivity contribution >= 4 is 28.3 Å². The van der Waals surface area contributed by atoms with Gasteiger partial charge in [-0.25, -0.2) is 18.1 Å². The van der Waals surface area contributed by atoms with Crippen LogP contribution in [0.4, 0.5) is 0 Å². The molecule has 0 unspecified atom stereocenters. The Hall–Kier alpha value is -0.290. The van der Waals surface area contributed by atoms with Crippen LogP contribution in [0.2, 0.25) is 0 Å². The molecule has 0 aliphatic heterocycles. The normalized spacial score (nSPS) is 29.2. The van der Waals surface area contributed by atoms with Crippen molar-refractivity contribution in [3.05, 3.63) is 0 Å². The highest BCUT2D eigenvalue weighted by Gasteiger charge is 2.28. The van der Waals surface area contributed by atoms with Crippen LogP contribution < -0.4 is 4.72 Å². The first kappa shape index (κ1) is 8.80. The lowest BCUT2D eigenvalue weighted by atomic mass is 9.88. The number of thiocarbonyl (C=S) groups is 1. The third-order valence-electron chi connectivity index (χ3n) is 1.64. The van der Waals surface area contributed by atoms with Crippen molar-refractivity contribution in [3.63, 3.8) is 0 Å². The molecule has 1 fully saturated rings. The summed E-state index contributed by atoms with van der Waals surface area (Å²) in [5.41, 5.74) is 0.